The standard InChI is InChI=1S/C25H25ClN4O2/c1-16(20-7-5-4-6-8-20)28-23(31)15-30-25(32)24-18(3)29(17(2)22(24)13-27-30)14-19-9-11-21(26)12-10-19/h4-13,16H,14-15H2,1-3H3,(H,28,31). The van der Waals surface area contributed by atoms with Crippen LogP contribution in [-0.2, 0) is 17.9 Å². The minimum Gasteiger partial charge on any atom is -0.348 e. The van der Waals surface area contributed by atoms with Gasteiger partial charge in [0.2, 0.25) is 5.91 Å². The van der Waals surface area contributed by atoms with E-state index < -0.39 is 0 Å². The highest BCUT2D eigenvalue weighted by molar-refractivity contribution is 6.30. The summed E-state index contributed by atoms with van der Waals surface area (Å²) >= 11 is 6.00. The Hall–Kier alpha value is -3.38. The second-order valence-corrected chi connectivity index (χ2v) is 8.42. The minimum absolute atomic E-state index is 0.132. The molecule has 2 aromatic heterocycles. The van der Waals surface area contributed by atoms with Gasteiger partial charge in [-0.05, 0) is 44.0 Å². The fourth-order valence-electron chi connectivity index (χ4n) is 4.01. The average molecular weight is 449 g/mol. The Kier molecular flexibility index (Phi) is 6.15. The summed E-state index contributed by atoms with van der Waals surface area (Å²) in [5.74, 6) is -0.259. The number of amides is 1. The van der Waals surface area contributed by atoms with Crippen LogP contribution in [-0.4, -0.2) is 20.3 Å². The molecule has 32 heavy (non-hydrogen) atoms. The van der Waals surface area contributed by atoms with E-state index >= 15 is 0 Å². The molecule has 0 aliphatic rings. The Balaban J connectivity index is 1.59. The summed E-state index contributed by atoms with van der Waals surface area (Å²) in [5, 5.41) is 9.29. The predicted octanol–water partition coefficient (Wildman–Crippen LogP) is 4.39. The van der Waals surface area contributed by atoms with Crippen molar-refractivity contribution in [2.45, 2.75) is 39.9 Å². The zero-order chi connectivity index (χ0) is 22.8. The fourth-order valence-corrected chi connectivity index (χ4v) is 4.14. The molecule has 7 heteroatoms. The molecule has 1 N–H and O–H groups in total. The number of nitrogens with zero attached hydrogens (tertiary/aromatic N) is 3. The molecule has 0 saturated carbocycles. The van der Waals surface area contributed by atoms with Crippen LogP contribution in [0.4, 0.5) is 0 Å². The largest absolute Gasteiger partial charge is 0.348 e. The molecule has 0 saturated heterocycles. The smallest absolute Gasteiger partial charge is 0.276 e. The van der Waals surface area contributed by atoms with E-state index in [4.69, 9.17) is 11.6 Å². The van der Waals surface area contributed by atoms with Crippen molar-refractivity contribution in [2.24, 2.45) is 0 Å². The van der Waals surface area contributed by atoms with Crippen LogP contribution in [0, 0.1) is 13.8 Å². The van der Waals surface area contributed by atoms with Crippen LogP contribution < -0.4 is 10.9 Å². The lowest BCUT2D eigenvalue weighted by Gasteiger charge is -2.14. The third kappa shape index (κ3) is 4.32. The number of aromatic nitrogens is 3. The number of benzene rings is 2. The van der Waals surface area contributed by atoms with Gasteiger partial charge in [-0.2, -0.15) is 5.10 Å². The van der Waals surface area contributed by atoms with Crippen molar-refractivity contribution in [3.05, 3.63) is 98.7 Å². The molecule has 0 spiro atoms. The van der Waals surface area contributed by atoms with Crippen LogP contribution in [0.1, 0.15) is 35.5 Å². The van der Waals surface area contributed by atoms with Crippen molar-refractivity contribution in [1.82, 2.24) is 19.7 Å². The highest BCUT2D eigenvalue weighted by Crippen LogP contribution is 2.23. The Bertz CT molecular complexity index is 1320. The van der Waals surface area contributed by atoms with Crippen LogP contribution in [0.2, 0.25) is 5.02 Å². The van der Waals surface area contributed by atoms with Gasteiger partial charge in [0.05, 0.1) is 17.6 Å². The molecule has 1 amide bonds. The van der Waals surface area contributed by atoms with E-state index in [0.29, 0.717) is 17.0 Å². The number of hydrogen-bond donors (Lipinski definition) is 1. The number of rotatable bonds is 6. The Labute approximate surface area is 191 Å². The third-order valence-corrected chi connectivity index (χ3v) is 6.08. The van der Waals surface area contributed by atoms with E-state index in [1.807, 2.05) is 75.4 Å². The van der Waals surface area contributed by atoms with Crippen LogP contribution >= 0.6 is 11.6 Å². The second kappa shape index (κ2) is 9.01. The van der Waals surface area contributed by atoms with Gasteiger partial charge in [0, 0.05) is 28.3 Å². The Morgan fingerprint density at radius 2 is 1.75 bits per heavy atom. The zero-order valence-electron chi connectivity index (χ0n) is 18.3. The lowest BCUT2D eigenvalue weighted by molar-refractivity contribution is -0.122. The van der Waals surface area contributed by atoms with Gasteiger partial charge in [0.25, 0.3) is 5.56 Å². The van der Waals surface area contributed by atoms with E-state index in [1.165, 1.54) is 4.68 Å². The van der Waals surface area contributed by atoms with Crippen LogP contribution in [0.5, 0.6) is 0 Å². The van der Waals surface area contributed by atoms with Gasteiger partial charge < -0.3 is 9.88 Å². The minimum atomic E-state index is -0.263. The molecule has 1 unspecified atom stereocenters. The lowest BCUT2D eigenvalue weighted by atomic mass is 10.1. The number of carbonyl (C=O) groups is 1. The van der Waals surface area contributed by atoms with Gasteiger partial charge in [-0.25, -0.2) is 4.68 Å². The predicted molar refractivity (Wildman–Crippen MR) is 127 cm³/mol. The van der Waals surface area contributed by atoms with E-state index in [9.17, 15) is 9.59 Å². The highest BCUT2D eigenvalue weighted by atomic mass is 35.5. The van der Waals surface area contributed by atoms with E-state index in [1.54, 1.807) is 6.20 Å². The molecule has 0 aliphatic heterocycles. The van der Waals surface area contributed by atoms with E-state index in [2.05, 4.69) is 15.0 Å². The molecule has 2 aromatic carbocycles. The van der Waals surface area contributed by atoms with Crippen molar-refractivity contribution in [3.63, 3.8) is 0 Å². The maximum Gasteiger partial charge on any atom is 0.276 e. The number of hydrogen-bond acceptors (Lipinski definition) is 3. The Morgan fingerprint density at radius 3 is 2.44 bits per heavy atom. The molecule has 2 heterocycles. The Morgan fingerprint density at radius 1 is 1.06 bits per heavy atom. The number of halogens is 1. The molecule has 6 nitrogen and oxygen atoms in total. The molecule has 0 fully saturated rings. The summed E-state index contributed by atoms with van der Waals surface area (Å²) in [5.41, 5.74) is 3.64. The van der Waals surface area contributed by atoms with E-state index in [0.717, 1.165) is 27.9 Å². The zero-order valence-corrected chi connectivity index (χ0v) is 19.1. The van der Waals surface area contributed by atoms with Gasteiger partial charge >= 0.3 is 0 Å². The first-order valence-corrected chi connectivity index (χ1v) is 10.9. The molecule has 0 bridgehead atoms. The van der Waals surface area contributed by atoms with Crippen molar-refractivity contribution < 1.29 is 4.79 Å². The number of aryl methyl sites for hydroxylation is 2. The third-order valence-electron chi connectivity index (χ3n) is 5.83. The topological polar surface area (TPSA) is 68.9 Å². The second-order valence-electron chi connectivity index (χ2n) is 7.98. The first kappa shape index (κ1) is 21.8. The SMILES string of the molecule is Cc1c2cnn(CC(=O)NC(C)c3ccccc3)c(=O)c2c(C)n1Cc1ccc(Cl)cc1. The summed E-state index contributed by atoms with van der Waals surface area (Å²) in [6.07, 6.45) is 1.67. The van der Waals surface area contributed by atoms with Crippen molar-refractivity contribution in [2.75, 3.05) is 0 Å². The van der Waals surface area contributed by atoms with Crippen molar-refractivity contribution in [3.8, 4) is 0 Å². The maximum atomic E-state index is 13.2. The van der Waals surface area contributed by atoms with Gasteiger partial charge in [0.15, 0.2) is 0 Å². The lowest BCUT2D eigenvalue weighted by Crippen LogP contribution is -2.35. The van der Waals surface area contributed by atoms with Crippen molar-refractivity contribution >= 4 is 28.3 Å². The van der Waals surface area contributed by atoms with Crippen molar-refractivity contribution in [1.29, 1.82) is 0 Å². The maximum absolute atomic E-state index is 13.2. The first-order valence-electron chi connectivity index (χ1n) is 10.5. The molecule has 164 valence electrons. The normalized spacial score (nSPS) is 12.1. The van der Waals surface area contributed by atoms with Gasteiger partial charge in [-0.1, -0.05) is 54.1 Å². The number of nitrogens with one attached hydrogen (secondary N) is 1. The van der Waals surface area contributed by atoms with Crippen LogP contribution in [0.3, 0.4) is 0 Å². The molecule has 0 aliphatic carbocycles. The first-order chi connectivity index (χ1) is 15.3. The molecule has 0 radical (unpaired) electrons. The molecule has 4 aromatic rings. The highest BCUT2D eigenvalue weighted by Gasteiger charge is 2.18. The number of fused-ring (bicyclic) bond motifs is 1. The number of carbonyl (C=O) groups excluding carboxylic acids is 1. The fraction of sp³-hybridized carbons (Fsp3) is 0.240. The summed E-state index contributed by atoms with van der Waals surface area (Å²) in [7, 11) is 0. The monoisotopic (exact) mass is 448 g/mol. The van der Waals surface area contributed by atoms with Gasteiger partial charge in [0.1, 0.15) is 6.54 Å². The molecular formula is C25H25ClN4O2. The summed E-state index contributed by atoms with van der Waals surface area (Å²) < 4.78 is 3.33. The molecule has 4 rings (SSSR count). The van der Waals surface area contributed by atoms with Crippen LogP contribution in [0.25, 0.3) is 10.8 Å². The summed E-state index contributed by atoms with van der Waals surface area (Å²) in [4.78, 5) is 25.8. The average Bonchev–Trinajstić information content (AvgIpc) is 3.02. The van der Waals surface area contributed by atoms with Crippen LogP contribution in [0.15, 0.2) is 65.6 Å². The quantitative estimate of drug-likeness (QED) is 0.475. The summed E-state index contributed by atoms with van der Waals surface area (Å²) in [6, 6.07) is 17.2. The molecule has 1 atom stereocenters. The van der Waals surface area contributed by atoms with Gasteiger partial charge in [-0.15, -0.1) is 0 Å². The van der Waals surface area contributed by atoms with E-state index in [-0.39, 0.29) is 24.1 Å². The molecular weight excluding hydrogens is 424 g/mol. The summed E-state index contributed by atoms with van der Waals surface area (Å²) in [6.45, 7) is 6.31. The van der Waals surface area contributed by atoms with Gasteiger partial charge in [-0.3, -0.25) is 9.59 Å².